The van der Waals surface area contributed by atoms with Crippen LogP contribution in [0.5, 0.6) is 0 Å². The summed E-state index contributed by atoms with van der Waals surface area (Å²) >= 11 is 3.38. The number of hydrogen-bond donors (Lipinski definition) is 1. The van der Waals surface area contributed by atoms with Gasteiger partial charge in [-0.25, -0.2) is 0 Å². The molecule has 0 spiro atoms. The molecule has 4 heteroatoms. The van der Waals surface area contributed by atoms with Gasteiger partial charge >= 0.3 is 0 Å². The van der Waals surface area contributed by atoms with Gasteiger partial charge in [-0.2, -0.15) is 5.26 Å². The summed E-state index contributed by atoms with van der Waals surface area (Å²) in [5, 5.41) is 11.8. The van der Waals surface area contributed by atoms with Gasteiger partial charge in [0.25, 0.3) is 0 Å². The standard InChI is InChI=1S/C12H13BrN2O/c1-2-15-12(16)7-9(8-14)10-5-3-4-6-11(10)13/h3-6,9H,2,7H2,1H3,(H,15,16). The Morgan fingerprint density at radius 3 is 2.81 bits per heavy atom. The molecule has 0 heterocycles. The van der Waals surface area contributed by atoms with Crippen LogP contribution in [0, 0.1) is 11.3 Å². The minimum atomic E-state index is -0.401. The summed E-state index contributed by atoms with van der Waals surface area (Å²) in [6.45, 7) is 2.45. The predicted molar refractivity (Wildman–Crippen MR) is 65.8 cm³/mol. The largest absolute Gasteiger partial charge is 0.356 e. The number of nitrogens with zero attached hydrogens (tertiary/aromatic N) is 1. The van der Waals surface area contributed by atoms with E-state index < -0.39 is 5.92 Å². The number of carbonyl (C=O) groups is 1. The maximum absolute atomic E-state index is 11.4. The van der Waals surface area contributed by atoms with E-state index in [1.165, 1.54) is 0 Å². The van der Waals surface area contributed by atoms with Crippen LogP contribution in [-0.4, -0.2) is 12.5 Å². The molecule has 16 heavy (non-hydrogen) atoms. The van der Waals surface area contributed by atoms with Crippen LogP contribution < -0.4 is 5.32 Å². The van der Waals surface area contributed by atoms with Crippen molar-refractivity contribution in [3.8, 4) is 6.07 Å². The number of rotatable bonds is 4. The highest BCUT2D eigenvalue weighted by Gasteiger charge is 2.16. The highest BCUT2D eigenvalue weighted by molar-refractivity contribution is 9.10. The zero-order valence-corrected chi connectivity index (χ0v) is 10.6. The van der Waals surface area contributed by atoms with E-state index in [2.05, 4.69) is 27.3 Å². The molecule has 1 aromatic rings. The Hall–Kier alpha value is -1.34. The molecule has 0 aromatic heterocycles. The van der Waals surface area contributed by atoms with E-state index in [0.717, 1.165) is 10.0 Å². The van der Waals surface area contributed by atoms with E-state index in [1.54, 1.807) is 0 Å². The summed E-state index contributed by atoms with van der Waals surface area (Å²) in [6, 6.07) is 9.63. The highest BCUT2D eigenvalue weighted by atomic mass is 79.9. The molecule has 0 fully saturated rings. The van der Waals surface area contributed by atoms with Crippen molar-refractivity contribution in [2.24, 2.45) is 0 Å². The molecule has 0 aliphatic carbocycles. The van der Waals surface area contributed by atoms with Gasteiger partial charge in [-0.05, 0) is 18.6 Å². The number of benzene rings is 1. The molecular weight excluding hydrogens is 268 g/mol. The van der Waals surface area contributed by atoms with Crippen molar-refractivity contribution in [2.75, 3.05) is 6.54 Å². The minimum Gasteiger partial charge on any atom is -0.356 e. The summed E-state index contributed by atoms with van der Waals surface area (Å²) in [7, 11) is 0. The molecule has 0 aliphatic rings. The first-order valence-corrected chi connectivity index (χ1v) is 5.89. The van der Waals surface area contributed by atoms with Gasteiger partial charge < -0.3 is 5.32 Å². The Kier molecular flexibility index (Phi) is 5.00. The first-order chi connectivity index (χ1) is 7.69. The summed E-state index contributed by atoms with van der Waals surface area (Å²) in [5.74, 6) is -0.494. The van der Waals surface area contributed by atoms with Crippen molar-refractivity contribution in [3.63, 3.8) is 0 Å². The first-order valence-electron chi connectivity index (χ1n) is 5.09. The van der Waals surface area contributed by atoms with Gasteiger partial charge in [0, 0.05) is 17.4 Å². The maximum Gasteiger partial charge on any atom is 0.221 e. The molecule has 0 saturated heterocycles. The third-order valence-corrected chi connectivity index (χ3v) is 2.92. The average Bonchev–Trinajstić information content (AvgIpc) is 2.27. The summed E-state index contributed by atoms with van der Waals surface area (Å²) in [4.78, 5) is 11.4. The number of nitrogens with one attached hydrogen (secondary N) is 1. The lowest BCUT2D eigenvalue weighted by atomic mass is 9.97. The molecule has 1 rings (SSSR count). The van der Waals surface area contributed by atoms with Crippen molar-refractivity contribution in [3.05, 3.63) is 34.3 Å². The van der Waals surface area contributed by atoms with Crippen molar-refractivity contribution in [1.29, 1.82) is 5.26 Å². The quantitative estimate of drug-likeness (QED) is 0.922. The van der Waals surface area contributed by atoms with Gasteiger partial charge in [0.2, 0.25) is 5.91 Å². The number of carbonyl (C=O) groups excluding carboxylic acids is 1. The Morgan fingerprint density at radius 2 is 2.25 bits per heavy atom. The van der Waals surface area contributed by atoms with Gasteiger partial charge in [0.1, 0.15) is 0 Å². The third-order valence-electron chi connectivity index (χ3n) is 2.20. The molecule has 1 atom stereocenters. The molecule has 1 aromatic carbocycles. The van der Waals surface area contributed by atoms with Crippen LogP contribution in [0.25, 0.3) is 0 Å². The Balaban J connectivity index is 2.80. The molecule has 0 aliphatic heterocycles. The zero-order chi connectivity index (χ0) is 12.0. The van der Waals surface area contributed by atoms with E-state index in [-0.39, 0.29) is 12.3 Å². The maximum atomic E-state index is 11.4. The van der Waals surface area contributed by atoms with Crippen LogP contribution in [0.4, 0.5) is 0 Å². The van der Waals surface area contributed by atoms with Crippen LogP contribution >= 0.6 is 15.9 Å². The fourth-order valence-corrected chi connectivity index (χ4v) is 2.00. The van der Waals surface area contributed by atoms with Crippen molar-refractivity contribution in [1.82, 2.24) is 5.32 Å². The monoisotopic (exact) mass is 280 g/mol. The van der Waals surface area contributed by atoms with Crippen molar-refractivity contribution in [2.45, 2.75) is 19.3 Å². The molecule has 0 bridgehead atoms. The average molecular weight is 281 g/mol. The van der Waals surface area contributed by atoms with Gasteiger partial charge in [-0.15, -0.1) is 0 Å². The van der Waals surface area contributed by atoms with Crippen LogP contribution in [0.3, 0.4) is 0 Å². The van der Waals surface area contributed by atoms with Gasteiger partial charge in [0.15, 0.2) is 0 Å². The SMILES string of the molecule is CCNC(=O)CC(C#N)c1ccccc1Br. The molecule has 1 N–H and O–H groups in total. The third kappa shape index (κ3) is 3.35. The lowest BCUT2D eigenvalue weighted by Gasteiger charge is -2.10. The fourth-order valence-electron chi connectivity index (χ4n) is 1.44. The number of nitriles is 1. The molecule has 3 nitrogen and oxygen atoms in total. The van der Waals surface area contributed by atoms with Crippen molar-refractivity contribution >= 4 is 21.8 Å². The van der Waals surface area contributed by atoms with E-state index in [1.807, 2.05) is 31.2 Å². The van der Waals surface area contributed by atoms with Crippen molar-refractivity contribution < 1.29 is 4.79 Å². The Morgan fingerprint density at radius 1 is 1.56 bits per heavy atom. The second-order valence-electron chi connectivity index (χ2n) is 3.36. The lowest BCUT2D eigenvalue weighted by Crippen LogP contribution is -2.24. The first kappa shape index (κ1) is 12.7. The zero-order valence-electron chi connectivity index (χ0n) is 9.03. The van der Waals surface area contributed by atoms with Crippen LogP contribution in [0.1, 0.15) is 24.8 Å². The number of hydrogen-bond acceptors (Lipinski definition) is 2. The molecule has 1 unspecified atom stereocenters. The number of amides is 1. The van der Waals surface area contributed by atoms with Crippen LogP contribution in [-0.2, 0) is 4.79 Å². The summed E-state index contributed by atoms with van der Waals surface area (Å²) in [6.07, 6.45) is 0.201. The molecule has 1 amide bonds. The summed E-state index contributed by atoms with van der Waals surface area (Å²) in [5.41, 5.74) is 0.858. The minimum absolute atomic E-state index is 0.0928. The molecule has 0 radical (unpaired) electrons. The van der Waals surface area contributed by atoms with E-state index in [0.29, 0.717) is 6.54 Å². The highest BCUT2D eigenvalue weighted by Crippen LogP contribution is 2.26. The van der Waals surface area contributed by atoms with Crippen LogP contribution in [0.2, 0.25) is 0 Å². The van der Waals surface area contributed by atoms with Crippen LogP contribution in [0.15, 0.2) is 28.7 Å². The van der Waals surface area contributed by atoms with E-state index in [4.69, 9.17) is 5.26 Å². The normalized spacial score (nSPS) is 11.6. The Labute approximate surface area is 104 Å². The Bertz CT molecular complexity index is 412. The van der Waals surface area contributed by atoms with Gasteiger partial charge in [0.05, 0.1) is 12.0 Å². The fraction of sp³-hybridized carbons (Fsp3) is 0.333. The van der Waals surface area contributed by atoms with Gasteiger partial charge in [-0.1, -0.05) is 34.1 Å². The second-order valence-corrected chi connectivity index (χ2v) is 4.22. The molecule has 0 saturated carbocycles. The predicted octanol–water partition coefficient (Wildman–Crippen LogP) is 2.58. The molecular formula is C12H13BrN2O. The van der Waals surface area contributed by atoms with E-state index in [9.17, 15) is 4.79 Å². The summed E-state index contributed by atoms with van der Waals surface area (Å²) < 4.78 is 0.867. The smallest absolute Gasteiger partial charge is 0.221 e. The van der Waals surface area contributed by atoms with E-state index >= 15 is 0 Å². The molecule has 84 valence electrons. The second kappa shape index (κ2) is 6.29. The topological polar surface area (TPSA) is 52.9 Å². The lowest BCUT2D eigenvalue weighted by molar-refractivity contribution is -0.121. The van der Waals surface area contributed by atoms with Gasteiger partial charge in [-0.3, -0.25) is 4.79 Å². The number of halogens is 1.